The van der Waals surface area contributed by atoms with Crippen LogP contribution in [0, 0.1) is 5.82 Å². The van der Waals surface area contributed by atoms with Crippen molar-refractivity contribution in [1.82, 2.24) is 15.1 Å². The number of carboxylic acids is 1. The van der Waals surface area contributed by atoms with Gasteiger partial charge in [-0.15, -0.1) is 0 Å². The zero-order valence-electron chi connectivity index (χ0n) is 20.9. The Morgan fingerprint density at radius 1 is 1.17 bits per heavy atom. The summed E-state index contributed by atoms with van der Waals surface area (Å²) in [6, 6.07) is 2.23. The molecule has 4 rings (SSSR count). The minimum atomic E-state index is -5.08. The predicted octanol–water partition coefficient (Wildman–Crippen LogP) is 5.10. The normalized spacial score (nSPS) is 18.9. The number of hydrogen-bond donors (Lipinski definition) is 2. The van der Waals surface area contributed by atoms with Gasteiger partial charge in [-0.25, -0.2) is 32.9 Å². The third-order valence-corrected chi connectivity index (χ3v) is 5.38. The quantitative estimate of drug-likeness (QED) is 0.362. The molecule has 0 unspecified atom stereocenters. The molecule has 0 bridgehead atoms. The van der Waals surface area contributed by atoms with Gasteiger partial charge in [-0.3, -0.25) is 0 Å². The molecule has 19 heteroatoms. The molecule has 0 fully saturated rings. The number of hydrogen-bond acceptors (Lipinski definition) is 9. The van der Waals surface area contributed by atoms with Crippen molar-refractivity contribution in [2.45, 2.75) is 43.8 Å². The van der Waals surface area contributed by atoms with Gasteiger partial charge in [0.25, 0.3) is 12.4 Å². The first kappa shape index (κ1) is 31.9. The monoisotopic (exact) mass is 615 g/mol. The number of carboxylic acid groups (broad SMARTS) is 1. The number of nitrogens with two attached hydrogens (primary N) is 1. The lowest BCUT2D eigenvalue weighted by molar-refractivity contribution is -0.192. The summed E-state index contributed by atoms with van der Waals surface area (Å²) in [5, 5.41) is 11.0. The Bertz CT molecular complexity index is 1430. The van der Waals surface area contributed by atoms with E-state index in [0.29, 0.717) is 0 Å². The topological polar surface area (TPSA) is 146 Å². The standard InChI is InChI=1S/C21H17F6N5O3.C2HF3O2/c1-20(6-16(21(25,26)27)31-19(28)34-20)12-4-10(2-3-13(12)22)15-5-14(32-35-15)18-29-7-11(8-30-18)33-9-17(23)24;3-2(4,5)1(6)7/h2-5,7-8,16-17H,6,9H2,1H3,(H2,28,31);(H,6,7)/t16-,20-;/m0./s1. The van der Waals surface area contributed by atoms with Crippen molar-refractivity contribution in [2.24, 2.45) is 10.7 Å². The van der Waals surface area contributed by atoms with Gasteiger partial charge in [0.2, 0.25) is 0 Å². The van der Waals surface area contributed by atoms with Crippen molar-refractivity contribution >= 4 is 12.0 Å². The number of aromatic nitrogens is 3. The van der Waals surface area contributed by atoms with Crippen molar-refractivity contribution in [2.75, 3.05) is 6.61 Å². The van der Waals surface area contributed by atoms with Gasteiger partial charge in [-0.2, -0.15) is 26.3 Å². The average molecular weight is 615 g/mol. The molecule has 10 nitrogen and oxygen atoms in total. The third-order valence-electron chi connectivity index (χ3n) is 5.38. The Labute approximate surface area is 229 Å². The summed E-state index contributed by atoms with van der Waals surface area (Å²) in [6.07, 6.45) is -10.8. The molecule has 42 heavy (non-hydrogen) atoms. The van der Waals surface area contributed by atoms with Crippen LogP contribution in [0.2, 0.25) is 0 Å². The first-order chi connectivity index (χ1) is 19.4. The van der Waals surface area contributed by atoms with Crippen LogP contribution in [-0.4, -0.2) is 63.6 Å². The molecule has 2 aromatic heterocycles. The van der Waals surface area contributed by atoms with Crippen LogP contribution >= 0.6 is 0 Å². The highest BCUT2D eigenvalue weighted by atomic mass is 19.4. The highest BCUT2D eigenvalue weighted by Gasteiger charge is 2.49. The number of aliphatic carboxylic acids is 1. The van der Waals surface area contributed by atoms with Crippen LogP contribution in [0.5, 0.6) is 5.75 Å². The maximum atomic E-state index is 14.7. The molecule has 0 aliphatic carbocycles. The number of ether oxygens (including phenoxy) is 2. The number of halogens is 9. The fourth-order valence-electron chi connectivity index (χ4n) is 3.50. The smallest absolute Gasteiger partial charge is 0.484 e. The van der Waals surface area contributed by atoms with Crippen molar-refractivity contribution < 1.29 is 63.4 Å². The van der Waals surface area contributed by atoms with Crippen LogP contribution in [0.1, 0.15) is 18.9 Å². The van der Waals surface area contributed by atoms with E-state index in [1.807, 2.05) is 0 Å². The van der Waals surface area contributed by atoms with E-state index in [9.17, 15) is 39.5 Å². The summed E-state index contributed by atoms with van der Waals surface area (Å²) in [4.78, 5) is 20.1. The molecule has 1 aliphatic heterocycles. The van der Waals surface area contributed by atoms with E-state index in [2.05, 4.69) is 20.1 Å². The van der Waals surface area contributed by atoms with E-state index < -0.39 is 61.3 Å². The number of rotatable bonds is 6. The highest BCUT2D eigenvalue weighted by Crippen LogP contribution is 2.41. The molecule has 3 heterocycles. The van der Waals surface area contributed by atoms with Gasteiger partial charge in [-0.1, -0.05) is 5.16 Å². The Morgan fingerprint density at radius 3 is 2.33 bits per heavy atom. The summed E-state index contributed by atoms with van der Waals surface area (Å²) in [7, 11) is 0. The van der Waals surface area contributed by atoms with E-state index in [1.54, 1.807) is 0 Å². The second kappa shape index (κ2) is 12.1. The van der Waals surface area contributed by atoms with Crippen molar-refractivity contribution in [1.29, 1.82) is 0 Å². The highest BCUT2D eigenvalue weighted by molar-refractivity contribution is 5.74. The molecule has 0 saturated heterocycles. The molecular formula is C23H18F9N5O5. The SMILES string of the molecule is C[C@@]1(c2cc(-c3cc(-c4ncc(OCC(F)F)cn4)no3)ccc2F)C[C@@H](C(F)(F)F)N=C(N)O1.O=C(O)C(F)(F)F. The molecule has 3 aromatic rings. The maximum absolute atomic E-state index is 14.7. The number of nitrogens with zero attached hydrogens (tertiary/aromatic N) is 4. The summed E-state index contributed by atoms with van der Waals surface area (Å²) in [6.45, 7) is 0.473. The zero-order valence-corrected chi connectivity index (χ0v) is 20.9. The summed E-state index contributed by atoms with van der Waals surface area (Å²) < 4.78 is 126. The van der Waals surface area contributed by atoms with Gasteiger partial charge >= 0.3 is 18.3 Å². The fraction of sp³-hybridized carbons (Fsp3) is 0.348. The van der Waals surface area contributed by atoms with Crippen molar-refractivity contribution in [3.8, 4) is 28.6 Å². The summed E-state index contributed by atoms with van der Waals surface area (Å²) >= 11 is 0. The molecule has 1 aliphatic rings. The van der Waals surface area contributed by atoms with Crippen LogP contribution in [0.3, 0.4) is 0 Å². The van der Waals surface area contributed by atoms with Crippen LogP contribution in [0.25, 0.3) is 22.8 Å². The van der Waals surface area contributed by atoms with Gasteiger partial charge in [0.1, 0.15) is 18.0 Å². The van der Waals surface area contributed by atoms with Crippen LogP contribution < -0.4 is 10.5 Å². The van der Waals surface area contributed by atoms with Crippen LogP contribution in [0.4, 0.5) is 39.5 Å². The molecule has 0 saturated carbocycles. The Kier molecular flexibility index (Phi) is 9.21. The lowest BCUT2D eigenvalue weighted by Gasteiger charge is -2.37. The van der Waals surface area contributed by atoms with Gasteiger partial charge in [0, 0.05) is 23.6 Å². The molecule has 0 amide bonds. The Balaban J connectivity index is 0.000000616. The van der Waals surface area contributed by atoms with Crippen molar-refractivity contribution in [3.05, 3.63) is 48.0 Å². The fourth-order valence-corrected chi connectivity index (χ4v) is 3.50. The summed E-state index contributed by atoms with van der Waals surface area (Å²) in [5.41, 5.74) is 3.97. The first-order valence-corrected chi connectivity index (χ1v) is 11.3. The molecule has 2 atom stereocenters. The van der Waals surface area contributed by atoms with E-state index in [0.717, 1.165) is 6.07 Å². The number of amidine groups is 1. The van der Waals surface area contributed by atoms with Crippen LogP contribution in [0.15, 0.2) is 46.2 Å². The largest absolute Gasteiger partial charge is 0.490 e. The predicted molar refractivity (Wildman–Crippen MR) is 123 cm³/mol. The second-order valence-electron chi connectivity index (χ2n) is 8.58. The van der Waals surface area contributed by atoms with Gasteiger partial charge < -0.3 is 24.8 Å². The molecule has 3 N–H and O–H groups in total. The van der Waals surface area contributed by atoms with Crippen molar-refractivity contribution in [3.63, 3.8) is 0 Å². The average Bonchev–Trinajstić information content (AvgIpc) is 3.37. The maximum Gasteiger partial charge on any atom is 0.490 e. The number of aliphatic imine (C=N–C) groups is 1. The third kappa shape index (κ3) is 8.00. The number of benzene rings is 1. The van der Waals surface area contributed by atoms with Gasteiger partial charge in [0.05, 0.1) is 12.4 Å². The second-order valence-corrected chi connectivity index (χ2v) is 8.58. The van der Waals surface area contributed by atoms with Gasteiger partial charge in [0.15, 0.2) is 29.1 Å². The molecule has 1 aromatic carbocycles. The van der Waals surface area contributed by atoms with E-state index >= 15 is 0 Å². The Hall–Kier alpha value is -4.58. The first-order valence-electron chi connectivity index (χ1n) is 11.3. The van der Waals surface area contributed by atoms with Gasteiger partial charge in [-0.05, 0) is 25.1 Å². The molecular weight excluding hydrogens is 597 g/mol. The lowest BCUT2D eigenvalue weighted by Crippen LogP contribution is -2.46. The molecule has 228 valence electrons. The minimum Gasteiger partial charge on any atom is -0.484 e. The Morgan fingerprint density at radius 2 is 1.79 bits per heavy atom. The van der Waals surface area contributed by atoms with E-state index in [-0.39, 0.29) is 34.2 Å². The zero-order chi connectivity index (χ0) is 31.5. The summed E-state index contributed by atoms with van der Waals surface area (Å²) in [5.74, 6) is -3.31. The molecule has 0 radical (unpaired) electrons. The van der Waals surface area contributed by atoms with E-state index in [4.69, 9.17) is 29.6 Å². The number of carbonyl (C=O) groups is 1. The van der Waals surface area contributed by atoms with E-state index in [1.165, 1.54) is 37.5 Å². The minimum absolute atomic E-state index is 0.0293. The van der Waals surface area contributed by atoms with Crippen LogP contribution in [-0.2, 0) is 15.1 Å². The molecule has 0 spiro atoms. The lowest BCUT2D eigenvalue weighted by atomic mass is 9.86. The number of alkyl halides is 8.